The molecule has 0 fully saturated rings. The van der Waals surface area contributed by atoms with Crippen molar-refractivity contribution < 1.29 is 22.7 Å². The SMILES string of the molecule is O=C(NCc1ccccc1OC(F)(F)F)c1c[nH]c(=S)n1-c1ccccc1. The molecule has 1 amide bonds. The number of para-hydroxylation sites is 2. The van der Waals surface area contributed by atoms with Crippen molar-refractivity contribution in [3.63, 3.8) is 0 Å². The highest BCUT2D eigenvalue weighted by Gasteiger charge is 2.32. The van der Waals surface area contributed by atoms with E-state index in [0.29, 0.717) is 10.5 Å². The predicted octanol–water partition coefficient (Wildman–Crippen LogP) is 4.36. The smallest absolute Gasteiger partial charge is 0.405 e. The highest BCUT2D eigenvalue weighted by Crippen LogP contribution is 2.26. The third-order valence-corrected chi connectivity index (χ3v) is 3.96. The molecule has 2 aromatic carbocycles. The minimum atomic E-state index is -4.81. The van der Waals surface area contributed by atoms with Crippen LogP contribution in [0.3, 0.4) is 0 Å². The highest BCUT2D eigenvalue weighted by atomic mass is 32.1. The molecule has 2 N–H and O–H groups in total. The van der Waals surface area contributed by atoms with Gasteiger partial charge in [0.15, 0.2) is 4.77 Å². The van der Waals surface area contributed by atoms with Crippen LogP contribution in [0.2, 0.25) is 0 Å². The molecule has 1 heterocycles. The van der Waals surface area contributed by atoms with Gasteiger partial charge in [-0.1, -0.05) is 36.4 Å². The number of aromatic amines is 1. The lowest BCUT2D eigenvalue weighted by Gasteiger charge is -2.14. The van der Waals surface area contributed by atoms with E-state index < -0.39 is 12.3 Å². The second-order valence-corrected chi connectivity index (χ2v) is 5.87. The van der Waals surface area contributed by atoms with E-state index in [4.69, 9.17) is 12.2 Å². The number of imidazole rings is 1. The topological polar surface area (TPSA) is 59.0 Å². The van der Waals surface area contributed by atoms with Gasteiger partial charge in [-0.15, -0.1) is 13.2 Å². The molecule has 0 bridgehead atoms. The quantitative estimate of drug-likeness (QED) is 0.633. The van der Waals surface area contributed by atoms with Crippen LogP contribution in [0.25, 0.3) is 5.69 Å². The van der Waals surface area contributed by atoms with Crippen LogP contribution in [-0.4, -0.2) is 21.8 Å². The number of benzene rings is 2. The van der Waals surface area contributed by atoms with E-state index in [-0.39, 0.29) is 23.6 Å². The van der Waals surface area contributed by atoms with E-state index in [0.717, 1.165) is 0 Å². The number of aromatic nitrogens is 2. The molecule has 0 aliphatic rings. The van der Waals surface area contributed by atoms with Crippen LogP contribution >= 0.6 is 12.2 Å². The van der Waals surface area contributed by atoms with Crippen LogP contribution in [0, 0.1) is 4.77 Å². The Morgan fingerprint density at radius 1 is 1.11 bits per heavy atom. The number of nitrogens with one attached hydrogen (secondary N) is 2. The van der Waals surface area contributed by atoms with Gasteiger partial charge in [0.1, 0.15) is 11.4 Å². The molecule has 0 unspecified atom stereocenters. The van der Waals surface area contributed by atoms with Crippen LogP contribution in [0.5, 0.6) is 5.75 Å². The van der Waals surface area contributed by atoms with E-state index in [2.05, 4.69) is 15.0 Å². The lowest BCUT2D eigenvalue weighted by Crippen LogP contribution is -2.26. The molecule has 0 saturated heterocycles. The van der Waals surface area contributed by atoms with Crippen molar-refractivity contribution in [3.05, 3.63) is 76.8 Å². The first-order chi connectivity index (χ1) is 12.8. The molecule has 0 aliphatic carbocycles. The fourth-order valence-corrected chi connectivity index (χ4v) is 2.77. The van der Waals surface area contributed by atoms with Crippen molar-refractivity contribution in [3.8, 4) is 11.4 Å². The van der Waals surface area contributed by atoms with Crippen LogP contribution < -0.4 is 10.1 Å². The number of amides is 1. The van der Waals surface area contributed by atoms with Gasteiger partial charge < -0.3 is 15.0 Å². The van der Waals surface area contributed by atoms with Crippen LogP contribution in [0.15, 0.2) is 60.8 Å². The standard InChI is InChI=1S/C18H14F3N3O2S/c19-18(20,21)26-15-9-5-4-6-12(15)10-22-16(25)14-11-23-17(27)24(14)13-7-2-1-3-8-13/h1-9,11H,10H2,(H,22,25)(H,23,27). The minimum absolute atomic E-state index is 0.141. The first-order valence-electron chi connectivity index (χ1n) is 7.83. The van der Waals surface area contributed by atoms with E-state index in [1.807, 2.05) is 6.07 Å². The third kappa shape index (κ3) is 4.56. The summed E-state index contributed by atoms with van der Waals surface area (Å²) >= 11 is 5.21. The summed E-state index contributed by atoms with van der Waals surface area (Å²) in [4.78, 5) is 15.4. The highest BCUT2D eigenvalue weighted by molar-refractivity contribution is 7.71. The zero-order valence-corrected chi connectivity index (χ0v) is 14.6. The Morgan fingerprint density at radius 3 is 2.48 bits per heavy atom. The number of hydrogen-bond donors (Lipinski definition) is 2. The number of alkyl halides is 3. The molecule has 5 nitrogen and oxygen atoms in total. The van der Waals surface area contributed by atoms with Crippen molar-refractivity contribution in [2.45, 2.75) is 12.9 Å². The molecule has 140 valence electrons. The maximum Gasteiger partial charge on any atom is 0.573 e. The average Bonchev–Trinajstić information content (AvgIpc) is 3.02. The van der Waals surface area contributed by atoms with Gasteiger partial charge in [-0.05, 0) is 30.4 Å². The molecule has 3 rings (SSSR count). The summed E-state index contributed by atoms with van der Waals surface area (Å²) < 4.78 is 43.4. The summed E-state index contributed by atoms with van der Waals surface area (Å²) in [6.07, 6.45) is -3.36. The summed E-state index contributed by atoms with van der Waals surface area (Å²) in [7, 11) is 0. The van der Waals surface area contributed by atoms with Gasteiger partial charge in [-0.3, -0.25) is 9.36 Å². The van der Waals surface area contributed by atoms with Crippen molar-refractivity contribution >= 4 is 18.1 Å². The maximum absolute atomic E-state index is 12.6. The Bertz CT molecular complexity index is 997. The number of ether oxygens (including phenoxy) is 1. The number of rotatable bonds is 5. The van der Waals surface area contributed by atoms with Gasteiger partial charge in [0.05, 0.1) is 0 Å². The Labute approximate surface area is 157 Å². The Kier molecular flexibility index (Phi) is 5.31. The molecule has 0 saturated carbocycles. The summed E-state index contributed by atoms with van der Waals surface area (Å²) in [6.45, 7) is -0.141. The average molecular weight is 393 g/mol. The molecule has 0 atom stereocenters. The van der Waals surface area contributed by atoms with Gasteiger partial charge in [0, 0.05) is 24.0 Å². The number of hydrogen-bond acceptors (Lipinski definition) is 3. The molecule has 3 aromatic rings. The number of carbonyl (C=O) groups is 1. The predicted molar refractivity (Wildman–Crippen MR) is 95.2 cm³/mol. The van der Waals surface area contributed by atoms with E-state index in [9.17, 15) is 18.0 Å². The number of carbonyl (C=O) groups excluding carboxylic acids is 1. The molecule has 9 heteroatoms. The number of H-pyrrole nitrogens is 1. The summed E-state index contributed by atoms with van der Waals surface area (Å²) in [5.41, 5.74) is 1.12. The largest absolute Gasteiger partial charge is 0.573 e. The molecule has 1 aromatic heterocycles. The van der Waals surface area contributed by atoms with E-state index in [1.165, 1.54) is 24.4 Å². The van der Waals surface area contributed by atoms with Gasteiger partial charge in [-0.2, -0.15) is 0 Å². The Hall–Kier alpha value is -3.07. The van der Waals surface area contributed by atoms with Crippen molar-refractivity contribution in [1.82, 2.24) is 14.9 Å². The zero-order chi connectivity index (χ0) is 19.4. The summed E-state index contributed by atoms with van der Waals surface area (Å²) in [5, 5.41) is 2.59. The van der Waals surface area contributed by atoms with E-state index in [1.54, 1.807) is 34.9 Å². The second-order valence-electron chi connectivity index (χ2n) is 5.49. The van der Waals surface area contributed by atoms with Crippen molar-refractivity contribution in [2.24, 2.45) is 0 Å². The molecular weight excluding hydrogens is 379 g/mol. The maximum atomic E-state index is 12.6. The summed E-state index contributed by atoms with van der Waals surface area (Å²) in [6, 6.07) is 14.6. The normalized spacial score (nSPS) is 11.2. The Balaban J connectivity index is 1.80. The van der Waals surface area contributed by atoms with Gasteiger partial charge in [0.25, 0.3) is 5.91 Å². The minimum Gasteiger partial charge on any atom is -0.405 e. The van der Waals surface area contributed by atoms with Gasteiger partial charge in [-0.25, -0.2) is 0 Å². The lowest BCUT2D eigenvalue weighted by molar-refractivity contribution is -0.274. The van der Waals surface area contributed by atoms with Crippen LogP contribution in [0.1, 0.15) is 16.1 Å². The molecule has 27 heavy (non-hydrogen) atoms. The van der Waals surface area contributed by atoms with Gasteiger partial charge >= 0.3 is 6.36 Å². The molecule has 0 spiro atoms. The Morgan fingerprint density at radius 2 is 1.78 bits per heavy atom. The monoisotopic (exact) mass is 393 g/mol. The van der Waals surface area contributed by atoms with Crippen molar-refractivity contribution in [2.75, 3.05) is 0 Å². The van der Waals surface area contributed by atoms with Crippen molar-refractivity contribution in [1.29, 1.82) is 0 Å². The van der Waals surface area contributed by atoms with Crippen LogP contribution in [0.4, 0.5) is 13.2 Å². The zero-order valence-electron chi connectivity index (χ0n) is 13.8. The fraction of sp³-hybridized carbons (Fsp3) is 0.111. The number of nitrogens with zero attached hydrogens (tertiary/aromatic N) is 1. The third-order valence-electron chi connectivity index (χ3n) is 3.66. The van der Waals surface area contributed by atoms with Crippen LogP contribution in [-0.2, 0) is 6.54 Å². The first-order valence-corrected chi connectivity index (χ1v) is 8.24. The molecule has 0 aliphatic heterocycles. The second kappa shape index (κ2) is 7.67. The molecule has 0 radical (unpaired) electrons. The lowest BCUT2D eigenvalue weighted by atomic mass is 10.2. The first kappa shape index (κ1) is 18.7. The number of halogens is 3. The molecular formula is C18H14F3N3O2S. The fourth-order valence-electron chi connectivity index (χ4n) is 2.51. The van der Waals surface area contributed by atoms with E-state index >= 15 is 0 Å². The summed E-state index contributed by atoms with van der Waals surface area (Å²) in [5.74, 6) is -0.854. The van der Waals surface area contributed by atoms with Gasteiger partial charge in [0.2, 0.25) is 0 Å².